The van der Waals surface area contributed by atoms with Gasteiger partial charge in [0.1, 0.15) is 6.10 Å². The van der Waals surface area contributed by atoms with E-state index in [1.54, 1.807) is 0 Å². The number of benzene rings is 2. The number of H-pyrrole nitrogens is 1. The van der Waals surface area contributed by atoms with E-state index in [4.69, 9.17) is 0 Å². The zero-order valence-electron chi connectivity index (χ0n) is 13.2. The summed E-state index contributed by atoms with van der Waals surface area (Å²) >= 11 is 0. The van der Waals surface area contributed by atoms with Gasteiger partial charge in [-0.15, -0.1) is 5.10 Å². The van der Waals surface area contributed by atoms with Crippen molar-refractivity contribution in [3.05, 3.63) is 71.0 Å². The Bertz CT molecular complexity index is 876. The maximum absolute atomic E-state index is 12.8. The van der Waals surface area contributed by atoms with E-state index in [0.29, 0.717) is 0 Å². The van der Waals surface area contributed by atoms with E-state index >= 15 is 0 Å². The molecule has 0 bridgehead atoms. The molecule has 1 aromatic heterocycles. The second-order valence-electron chi connectivity index (χ2n) is 5.51. The number of aromatic amines is 1. The zero-order valence-corrected chi connectivity index (χ0v) is 13.2. The van der Waals surface area contributed by atoms with Crippen LogP contribution in [0.4, 0.5) is 24.8 Å². The SMILES string of the molecule is Cc1ccccc1Nc1n[nH]c(C(O)c2cccc(C(F)(F)F)c2)n1. The van der Waals surface area contributed by atoms with Crippen LogP contribution in [0.15, 0.2) is 48.5 Å². The highest BCUT2D eigenvalue weighted by atomic mass is 19.4. The van der Waals surface area contributed by atoms with Crippen molar-refractivity contribution in [1.29, 1.82) is 0 Å². The Hall–Kier alpha value is -2.87. The van der Waals surface area contributed by atoms with Crippen LogP contribution in [0.5, 0.6) is 0 Å². The summed E-state index contributed by atoms with van der Waals surface area (Å²) in [5.41, 5.74) is 1.02. The minimum Gasteiger partial charge on any atom is -0.380 e. The summed E-state index contributed by atoms with van der Waals surface area (Å²) in [4.78, 5) is 4.11. The number of halogens is 3. The maximum atomic E-state index is 12.8. The Morgan fingerprint density at radius 2 is 1.88 bits per heavy atom. The summed E-state index contributed by atoms with van der Waals surface area (Å²) in [6.45, 7) is 1.91. The number of nitrogens with one attached hydrogen (secondary N) is 2. The number of para-hydroxylation sites is 1. The third-order valence-electron chi connectivity index (χ3n) is 3.68. The summed E-state index contributed by atoms with van der Waals surface area (Å²) < 4.78 is 38.4. The van der Waals surface area contributed by atoms with Gasteiger partial charge in [-0.25, -0.2) is 0 Å². The van der Waals surface area contributed by atoms with E-state index in [1.165, 1.54) is 12.1 Å². The molecule has 2 aromatic carbocycles. The first kappa shape index (κ1) is 17.0. The lowest BCUT2D eigenvalue weighted by atomic mass is 10.1. The number of hydrogen-bond acceptors (Lipinski definition) is 4. The van der Waals surface area contributed by atoms with Crippen LogP contribution in [0.1, 0.15) is 28.6 Å². The van der Waals surface area contributed by atoms with E-state index in [9.17, 15) is 18.3 Å². The predicted molar refractivity (Wildman–Crippen MR) is 86.4 cm³/mol. The highest BCUT2D eigenvalue weighted by Crippen LogP contribution is 2.31. The lowest BCUT2D eigenvalue weighted by molar-refractivity contribution is -0.137. The monoisotopic (exact) mass is 348 g/mol. The number of aliphatic hydroxyl groups excluding tert-OH is 1. The van der Waals surface area contributed by atoms with Crippen molar-refractivity contribution in [3.8, 4) is 0 Å². The second kappa shape index (κ2) is 6.56. The summed E-state index contributed by atoms with van der Waals surface area (Å²) in [6.07, 6.45) is -5.82. The van der Waals surface area contributed by atoms with E-state index in [2.05, 4.69) is 20.5 Å². The van der Waals surface area contributed by atoms with Crippen molar-refractivity contribution in [1.82, 2.24) is 15.2 Å². The third-order valence-corrected chi connectivity index (χ3v) is 3.68. The molecule has 0 saturated heterocycles. The Morgan fingerprint density at radius 3 is 2.60 bits per heavy atom. The van der Waals surface area contributed by atoms with Crippen LogP contribution in [0.2, 0.25) is 0 Å². The molecule has 0 spiro atoms. The lowest BCUT2D eigenvalue weighted by Gasteiger charge is -2.11. The van der Waals surface area contributed by atoms with Crippen LogP contribution in [-0.4, -0.2) is 20.3 Å². The summed E-state index contributed by atoms with van der Waals surface area (Å²) in [5.74, 6) is 0.269. The van der Waals surface area contributed by atoms with Crippen LogP contribution in [-0.2, 0) is 6.18 Å². The zero-order chi connectivity index (χ0) is 18.0. The summed E-state index contributed by atoms with van der Waals surface area (Å²) in [7, 11) is 0. The number of aliphatic hydroxyl groups is 1. The number of nitrogens with zero attached hydrogens (tertiary/aromatic N) is 2. The van der Waals surface area contributed by atoms with Gasteiger partial charge in [-0.1, -0.05) is 30.3 Å². The first-order valence-electron chi connectivity index (χ1n) is 7.45. The quantitative estimate of drug-likeness (QED) is 0.667. The van der Waals surface area contributed by atoms with Crippen LogP contribution in [0.25, 0.3) is 0 Å². The van der Waals surface area contributed by atoms with Crippen molar-refractivity contribution < 1.29 is 18.3 Å². The molecule has 0 amide bonds. The topological polar surface area (TPSA) is 73.8 Å². The molecule has 8 heteroatoms. The van der Waals surface area contributed by atoms with Crippen molar-refractivity contribution in [2.45, 2.75) is 19.2 Å². The highest BCUT2D eigenvalue weighted by Gasteiger charge is 2.31. The molecule has 0 aliphatic carbocycles. The fourth-order valence-corrected chi connectivity index (χ4v) is 2.33. The first-order chi connectivity index (χ1) is 11.8. The van der Waals surface area contributed by atoms with E-state index in [-0.39, 0.29) is 17.3 Å². The van der Waals surface area contributed by atoms with E-state index < -0.39 is 17.8 Å². The van der Waals surface area contributed by atoms with Gasteiger partial charge < -0.3 is 10.4 Å². The highest BCUT2D eigenvalue weighted by molar-refractivity contribution is 5.57. The molecular weight excluding hydrogens is 333 g/mol. The number of rotatable bonds is 4. The Kier molecular flexibility index (Phi) is 4.45. The lowest BCUT2D eigenvalue weighted by Crippen LogP contribution is -2.08. The number of anilines is 2. The molecule has 1 heterocycles. The van der Waals surface area contributed by atoms with Gasteiger partial charge in [0.05, 0.1) is 5.56 Å². The van der Waals surface area contributed by atoms with E-state index in [0.717, 1.165) is 23.4 Å². The Balaban J connectivity index is 1.81. The molecule has 0 aliphatic rings. The molecule has 3 rings (SSSR count). The van der Waals surface area contributed by atoms with Crippen molar-refractivity contribution in [2.75, 3.05) is 5.32 Å². The van der Waals surface area contributed by atoms with Gasteiger partial charge in [-0.2, -0.15) is 18.2 Å². The predicted octanol–water partition coefficient (Wildman–Crippen LogP) is 3.96. The Morgan fingerprint density at radius 1 is 1.12 bits per heavy atom. The number of alkyl halides is 3. The minimum atomic E-state index is -4.48. The van der Waals surface area contributed by atoms with Crippen molar-refractivity contribution in [2.24, 2.45) is 0 Å². The molecule has 5 nitrogen and oxygen atoms in total. The molecule has 1 atom stereocenters. The van der Waals surface area contributed by atoms with Gasteiger partial charge in [-0.3, -0.25) is 5.10 Å². The molecule has 130 valence electrons. The fraction of sp³-hybridized carbons (Fsp3) is 0.176. The largest absolute Gasteiger partial charge is 0.416 e. The van der Waals surface area contributed by atoms with Crippen LogP contribution >= 0.6 is 0 Å². The molecule has 25 heavy (non-hydrogen) atoms. The molecule has 3 aromatic rings. The standard InChI is InChI=1S/C17H15F3N4O/c1-10-5-2-3-8-13(10)21-16-22-15(23-24-16)14(25)11-6-4-7-12(9-11)17(18,19)20/h2-9,14,25H,1H3,(H2,21,22,23,24). The molecule has 0 radical (unpaired) electrons. The van der Waals surface area contributed by atoms with Gasteiger partial charge in [0.15, 0.2) is 5.82 Å². The van der Waals surface area contributed by atoms with Crippen LogP contribution in [0.3, 0.4) is 0 Å². The summed E-state index contributed by atoms with van der Waals surface area (Å²) in [5, 5.41) is 19.8. The van der Waals surface area contributed by atoms with Crippen LogP contribution in [0, 0.1) is 6.92 Å². The van der Waals surface area contributed by atoms with Gasteiger partial charge in [0.25, 0.3) is 0 Å². The summed E-state index contributed by atoms with van der Waals surface area (Å²) in [6, 6.07) is 12.0. The molecular formula is C17H15F3N4O. The van der Waals surface area contributed by atoms with Crippen LogP contribution < -0.4 is 5.32 Å². The number of aryl methyl sites for hydroxylation is 1. The average Bonchev–Trinajstić information content (AvgIpc) is 3.04. The molecule has 3 N–H and O–H groups in total. The molecule has 0 fully saturated rings. The number of hydrogen-bond donors (Lipinski definition) is 3. The van der Waals surface area contributed by atoms with E-state index in [1.807, 2.05) is 31.2 Å². The van der Waals surface area contributed by atoms with Crippen molar-refractivity contribution in [3.63, 3.8) is 0 Å². The van der Waals surface area contributed by atoms with Gasteiger partial charge in [0.2, 0.25) is 5.95 Å². The maximum Gasteiger partial charge on any atom is 0.416 e. The molecule has 0 aliphatic heterocycles. The third kappa shape index (κ3) is 3.80. The number of aromatic nitrogens is 3. The van der Waals surface area contributed by atoms with Crippen molar-refractivity contribution >= 4 is 11.6 Å². The smallest absolute Gasteiger partial charge is 0.380 e. The Labute approximate surface area is 141 Å². The second-order valence-corrected chi connectivity index (χ2v) is 5.51. The van der Waals surface area contributed by atoms with Gasteiger partial charge in [-0.05, 0) is 36.2 Å². The normalized spacial score (nSPS) is 12.8. The van der Waals surface area contributed by atoms with Gasteiger partial charge >= 0.3 is 6.18 Å². The fourth-order valence-electron chi connectivity index (χ4n) is 2.33. The van der Waals surface area contributed by atoms with Gasteiger partial charge in [0, 0.05) is 5.69 Å². The molecule has 0 saturated carbocycles. The first-order valence-corrected chi connectivity index (χ1v) is 7.45. The average molecular weight is 348 g/mol. The molecule has 1 unspecified atom stereocenters. The minimum absolute atomic E-state index is 0.0513.